The number of aliphatic carboxylic acids is 1. The monoisotopic (exact) mass is 586 g/mol. The SMILES string of the molecule is O=C(O)CCCOC(=O)c1cc(I)cc(I)c1I. The number of halogens is 3. The Labute approximate surface area is 145 Å². The van der Waals surface area contributed by atoms with Crippen LogP contribution in [0.4, 0.5) is 0 Å². The van der Waals surface area contributed by atoms with Gasteiger partial charge in [0.25, 0.3) is 0 Å². The van der Waals surface area contributed by atoms with Gasteiger partial charge in [-0.1, -0.05) is 0 Å². The van der Waals surface area contributed by atoms with Crippen LogP contribution in [-0.2, 0) is 9.53 Å². The second kappa shape index (κ2) is 7.82. The van der Waals surface area contributed by atoms with E-state index in [1.807, 2.05) is 6.07 Å². The average molecular weight is 586 g/mol. The molecule has 0 aromatic heterocycles. The van der Waals surface area contributed by atoms with Gasteiger partial charge in [0.05, 0.1) is 12.2 Å². The lowest BCUT2D eigenvalue weighted by Crippen LogP contribution is -2.10. The number of benzene rings is 1. The van der Waals surface area contributed by atoms with Crippen LogP contribution >= 0.6 is 67.8 Å². The summed E-state index contributed by atoms with van der Waals surface area (Å²) < 4.78 is 7.88. The maximum Gasteiger partial charge on any atom is 0.339 e. The maximum atomic E-state index is 11.8. The van der Waals surface area contributed by atoms with Crippen LogP contribution in [0.1, 0.15) is 23.2 Å². The van der Waals surface area contributed by atoms with Crippen molar-refractivity contribution in [2.75, 3.05) is 6.61 Å². The molecule has 0 fully saturated rings. The average Bonchev–Trinajstić information content (AvgIpc) is 2.28. The first-order valence-electron chi connectivity index (χ1n) is 4.95. The van der Waals surface area contributed by atoms with Crippen LogP contribution in [0.5, 0.6) is 0 Å². The van der Waals surface area contributed by atoms with Crippen LogP contribution in [0.2, 0.25) is 0 Å². The Kier molecular flexibility index (Phi) is 7.13. The van der Waals surface area contributed by atoms with Crippen molar-refractivity contribution in [3.8, 4) is 0 Å². The van der Waals surface area contributed by atoms with Crippen LogP contribution < -0.4 is 0 Å². The summed E-state index contributed by atoms with van der Waals surface area (Å²) in [6.07, 6.45) is 0.340. The summed E-state index contributed by atoms with van der Waals surface area (Å²) in [5, 5.41) is 8.47. The summed E-state index contributed by atoms with van der Waals surface area (Å²) in [4.78, 5) is 22.1. The van der Waals surface area contributed by atoms with E-state index in [-0.39, 0.29) is 13.0 Å². The van der Waals surface area contributed by atoms with Crippen molar-refractivity contribution in [1.82, 2.24) is 0 Å². The molecule has 0 radical (unpaired) electrons. The Morgan fingerprint density at radius 1 is 1.22 bits per heavy atom. The molecule has 0 aliphatic heterocycles. The third kappa shape index (κ3) is 5.15. The molecule has 7 heteroatoms. The Morgan fingerprint density at radius 3 is 2.50 bits per heavy atom. The number of hydrogen-bond acceptors (Lipinski definition) is 3. The molecule has 0 aliphatic rings. The smallest absolute Gasteiger partial charge is 0.339 e. The highest BCUT2D eigenvalue weighted by Crippen LogP contribution is 2.23. The number of carboxylic acid groups (broad SMARTS) is 1. The molecule has 18 heavy (non-hydrogen) atoms. The van der Waals surface area contributed by atoms with Crippen molar-refractivity contribution >= 4 is 79.7 Å². The summed E-state index contributed by atoms with van der Waals surface area (Å²) in [5.41, 5.74) is 0.530. The van der Waals surface area contributed by atoms with Crippen molar-refractivity contribution in [3.63, 3.8) is 0 Å². The molecule has 0 aliphatic carbocycles. The Morgan fingerprint density at radius 2 is 1.89 bits per heavy atom. The molecule has 1 aromatic rings. The number of carbonyl (C=O) groups excluding carboxylic acids is 1. The molecule has 0 bridgehead atoms. The van der Waals surface area contributed by atoms with Gasteiger partial charge in [-0.05, 0) is 86.3 Å². The molecule has 1 aromatic carbocycles. The molecule has 1 rings (SSSR count). The number of ether oxygens (including phenoxy) is 1. The largest absolute Gasteiger partial charge is 0.481 e. The lowest BCUT2D eigenvalue weighted by Gasteiger charge is -2.08. The molecular formula is C11H9I3O4. The van der Waals surface area contributed by atoms with Crippen LogP contribution in [0.3, 0.4) is 0 Å². The van der Waals surface area contributed by atoms with Crippen LogP contribution in [-0.4, -0.2) is 23.7 Å². The summed E-state index contributed by atoms with van der Waals surface area (Å²) >= 11 is 6.41. The Hall–Kier alpha value is 0.350. The predicted octanol–water partition coefficient (Wildman–Crippen LogP) is 3.52. The summed E-state index contributed by atoms with van der Waals surface area (Å²) in [6.45, 7) is 0.128. The fraction of sp³-hybridized carbons (Fsp3) is 0.273. The fourth-order valence-corrected chi connectivity index (χ4v) is 3.55. The molecule has 0 atom stereocenters. The molecule has 0 heterocycles. The first-order chi connectivity index (χ1) is 8.41. The van der Waals surface area contributed by atoms with E-state index in [1.54, 1.807) is 6.07 Å². The highest BCUT2D eigenvalue weighted by molar-refractivity contribution is 14.1. The molecule has 1 N–H and O–H groups in total. The van der Waals surface area contributed by atoms with E-state index in [0.29, 0.717) is 12.0 Å². The van der Waals surface area contributed by atoms with Gasteiger partial charge in [-0.2, -0.15) is 0 Å². The van der Waals surface area contributed by atoms with Crippen LogP contribution in [0.25, 0.3) is 0 Å². The lowest BCUT2D eigenvalue weighted by atomic mass is 10.2. The number of rotatable bonds is 5. The molecule has 0 amide bonds. The molecule has 0 saturated heterocycles. The summed E-state index contributed by atoms with van der Waals surface area (Å²) in [6, 6.07) is 3.74. The van der Waals surface area contributed by atoms with E-state index < -0.39 is 11.9 Å². The van der Waals surface area contributed by atoms with Gasteiger partial charge in [-0.3, -0.25) is 4.79 Å². The Balaban J connectivity index is 2.64. The minimum atomic E-state index is -0.885. The van der Waals surface area contributed by atoms with Crippen molar-refractivity contribution < 1.29 is 19.4 Å². The van der Waals surface area contributed by atoms with Crippen molar-refractivity contribution in [1.29, 1.82) is 0 Å². The highest BCUT2D eigenvalue weighted by atomic mass is 127. The van der Waals surface area contributed by atoms with Gasteiger partial charge in [0, 0.05) is 17.1 Å². The van der Waals surface area contributed by atoms with Gasteiger partial charge < -0.3 is 9.84 Å². The van der Waals surface area contributed by atoms with Gasteiger partial charge in [0.2, 0.25) is 0 Å². The van der Waals surface area contributed by atoms with Crippen molar-refractivity contribution in [2.24, 2.45) is 0 Å². The second-order valence-corrected chi connectivity index (χ2v) is 6.87. The van der Waals surface area contributed by atoms with Crippen molar-refractivity contribution in [2.45, 2.75) is 12.8 Å². The van der Waals surface area contributed by atoms with Gasteiger partial charge >= 0.3 is 11.9 Å². The minimum absolute atomic E-state index is 0.00817. The molecule has 0 saturated carbocycles. The molecule has 0 unspecified atom stereocenters. The third-order valence-corrected chi connectivity index (χ3v) is 5.65. The second-order valence-electron chi connectivity index (χ2n) is 3.38. The summed E-state index contributed by atoms with van der Waals surface area (Å²) in [5.74, 6) is -1.29. The highest BCUT2D eigenvalue weighted by Gasteiger charge is 2.15. The first kappa shape index (κ1) is 16.4. The van der Waals surface area contributed by atoms with Crippen molar-refractivity contribution in [3.05, 3.63) is 28.4 Å². The number of esters is 1. The molecular weight excluding hydrogens is 577 g/mol. The van der Waals surface area contributed by atoms with E-state index in [9.17, 15) is 9.59 Å². The Bertz CT molecular complexity index is 474. The standard InChI is InChI=1S/C11H9I3O4/c12-6-4-7(10(14)8(13)5-6)11(17)18-3-1-2-9(15)16/h4-5H,1-3H2,(H,15,16). The topological polar surface area (TPSA) is 63.6 Å². The quantitative estimate of drug-likeness (QED) is 0.249. The van der Waals surface area contributed by atoms with E-state index in [0.717, 1.165) is 10.7 Å². The van der Waals surface area contributed by atoms with Crippen LogP contribution in [0, 0.1) is 10.7 Å². The van der Waals surface area contributed by atoms with Crippen LogP contribution in [0.15, 0.2) is 12.1 Å². The van der Waals surface area contributed by atoms with Gasteiger partial charge in [-0.25, -0.2) is 4.79 Å². The normalized spacial score (nSPS) is 10.2. The van der Waals surface area contributed by atoms with E-state index in [1.165, 1.54) is 0 Å². The summed E-state index contributed by atoms with van der Waals surface area (Å²) in [7, 11) is 0. The fourth-order valence-electron chi connectivity index (χ4n) is 1.17. The lowest BCUT2D eigenvalue weighted by molar-refractivity contribution is -0.137. The number of carboxylic acids is 1. The first-order valence-corrected chi connectivity index (χ1v) is 8.19. The van der Waals surface area contributed by atoms with Gasteiger partial charge in [0.15, 0.2) is 0 Å². The van der Waals surface area contributed by atoms with E-state index >= 15 is 0 Å². The van der Waals surface area contributed by atoms with E-state index in [4.69, 9.17) is 9.84 Å². The zero-order valence-electron chi connectivity index (χ0n) is 9.08. The van der Waals surface area contributed by atoms with E-state index in [2.05, 4.69) is 67.8 Å². The molecule has 0 spiro atoms. The van der Waals surface area contributed by atoms with Gasteiger partial charge in [0.1, 0.15) is 0 Å². The molecule has 98 valence electrons. The predicted molar refractivity (Wildman–Crippen MR) is 91.7 cm³/mol. The van der Waals surface area contributed by atoms with Gasteiger partial charge in [-0.15, -0.1) is 0 Å². The maximum absolute atomic E-state index is 11.8. The zero-order chi connectivity index (χ0) is 13.7. The molecule has 4 nitrogen and oxygen atoms in total. The number of carbonyl (C=O) groups is 2. The minimum Gasteiger partial charge on any atom is -0.481 e. The number of hydrogen-bond donors (Lipinski definition) is 1. The third-order valence-electron chi connectivity index (χ3n) is 1.98. The zero-order valence-corrected chi connectivity index (χ0v) is 15.6.